The Labute approximate surface area is 140 Å². The molecule has 1 saturated heterocycles. The van der Waals surface area contributed by atoms with E-state index in [2.05, 4.69) is 10.6 Å². The molecule has 6 nitrogen and oxygen atoms in total. The number of hydrogen-bond donors (Lipinski definition) is 3. The van der Waals surface area contributed by atoms with Gasteiger partial charge in [0.2, 0.25) is 11.8 Å². The van der Waals surface area contributed by atoms with Crippen LogP contribution in [0.2, 0.25) is 0 Å². The fourth-order valence-electron chi connectivity index (χ4n) is 3.54. The van der Waals surface area contributed by atoms with Crippen LogP contribution in [0.5, 0.6) is 0 Å². The molecular weight excluding hydrogens is 308 g/mol. The Morgan fingerprint density at radius 2 is 1.71 bits per heavy atom. The highest BCUT2D eigenvalue weighted by Gasteiger charge is 2.28. The van der Waals surface area contributed by atoms with Crippen LogP contribution >= 0.6 is 0 Å². The van der Waals surface area contributed by atoms with Gasteiger partial charge in [-0.05, 0) is 49.8 Å². The van der Waals surface area contributed by atoms with Crippen LogP contribution in [0.25, 0.3) is 0 Å². The lowest BCUT2D eigenvalue weighted by Gasteiger charge is -2.28. The van der Waals surface area contributed by atoms with Crippen molar-refractivity contribution < 1.29 is 19.5 Å². The first-order valence-corrected chi connectivity index (χ1v) is 8.46. The zero-order chi connectivity index (χ0) is 17.1. The molecule has 24 heavy (non-hydrogen) atoms. The lowest BCUT2D eigenvalue weighted by atomic mass is 9.86. The summed E-state index contributed by atoms with van der Waals surface area (Å²) in [6, 6.07) is 8.03. The third-order valence-corrected chi connectivity index (χ3v) is 5.00. The molecule has 2 amide bonds. The number of hydrogen-bond acceptors (Lipinski definition) is 4. The van der Waals surface area contributed by atoms with Crippen LogP contribution in [0, 0.1) is 5.92 Å². The molecule has 0 bridgehead atoms. The van der Waals surface area contributed by atoms with E-state index in [-0.39, 0.29) is 23.7 Å². The fraction of sp³-hybridized carbons (Fsp3) is 0.500. The van der Waals surface area contributed by atoms with Gasteiger partial charge < -0.3 is 10.4 Å². The molecule has 128 valence electrons. The molecule has 3 N–H and O–H groups in total. The Kier molecular flexibility index (Phi) is 4.83. The minimum atomic E-state index is -0.693. The first-order valence-electron chi connectivity index (χ1n) is 8.46. The topological polar surface area (TPSA) is 95.5 Å². The second kappa shape index (κ2) is 7.03. The maximum Gasteiger partial charge on any atom is 0.306 e. The summed E-state index contributed by atoms with van der Waals surface area (Å²) in [4.78, 5) is 34.1. The average molecular weight is 330 g/mol. The number of carbonyl (C=O) groups is 3. The number of piperidine rings is 1. The van der Waals surface area contributed by atoms with Crippen LogP contribution in [0.4, 0.5) is 5.69 Å². The van der Waals surface area contributed by atoms with Crippen molar-refractivity contribution in [1.29, 1.82) is 0 Å². The number of aliphatic carboxylic acids is 1. The number of anilines is 1. The number of amides is 2. The Morgan fingerprint density at radius 3 is 2.29 bits per heavy atom. The molecule has 2 fully saturated rings. The average Bonchev–Trinajstić information content (AvgIpc) is 2.56. The monoisotopic (exact) mass is 330 g/mol. The summed E-state index contributed by atoms with van der Waals surface area (Å²) in [7, 11) is 0. The molecular formula is C18H22N2O4. The maximum atomic E-state index is 11.9. The molecule has 6 heteroatoms. The molecule has 0 spiro atoms. The predicted octanol–water partition coefficient (Wildman–Crippen LogP) is 2.26. The fourth-order valence-corrected chi connectivity index (χ4v) is 3.54. The lowest BCUT2D eigenvalue weighted by molar-refractivity contribution is -0.143. The van der Waals surface area contributed by atoms with E-state index in [0.29, 0.717) is 31.7 Å². The molecule has 1 aromatic carbocycles. The van der Waals surface area contributed by atoms with Gasteiger partial charge in [0.1, 0.15) is 0 Å². The van der Waals surface area contributed by atoms with E-state index in [9.17, 15) is 14.4 Å². The number of imide groups is 1. The second-order valence-corrected chi connectivity index (χ2v) is 6.66. The van der Waals surface area contributed by atoms with Crippen molar-refractivity contribution in [3.63, 3.8) is 0 Å². The van der Waals surface area contributed by atoms with Crippen molar-refractivity contribution >= 4 is 23.5 Å². The molecule has 1 aromatic rings. The number of benzene rings is 1. The van der Waals surface area contributed by atoms with E-state index in [1.54, 1.807) is 0 Å². The number of rotatable bonds is 4. The number of carboxylic acid groups (broad SMARTS) is 1. The summed E-state index contributed by atoms with van der Waals surface area (Å²) in [5.41, 5.74) is 1.89. The molecule has 0 unspecified atom stereocenters. The second-order valence-electron chi connectivity index (χ2n) is 6.66. The van der Waals surface area contributed by atoms with Gasteiger partial charge in [-0.25, -0.2) is 0 Å². The third kappa shape index (κ3) is 3.75. The summed E-state index contributed by atoms with van der Waals surface area (Å²) < 4.78 is 0. The third-order valence-electron chi connectivity index (χ3n) is 5.00. The van der Waals surface area contributed by atoms with Crippen molar-refractivity contribution in [2.75, 3.05) is 5.32 Å². The highest BCUT2D eigenvalue weighted by Crippen LogP contribution is 2.29. The molecule has 0 radical (unpaired) electrons. The SMILES string of the molecule is O=C1CC[C@@H](c2ccc(N[C@H]3CC[C@H](C(=O)O)CC3)cc2)C(=O)N1. The number of carbonyl (C=O) groups excluding carboxylic acids is 2. The van der Waals surface area contributed by atoms with Crippen LogP contribution in [0.15, 0.2) is 24.3 Å². The minimum Gasteiger partial charge on any atom is -0.481 e. The van der Waals surface area contributed by atoms with Crippen molar-refractivity contribution in [2.45, 2.75) is 50.5 Å². The molecule has 3 rings (SSSR count). The minimum absolute atomic E-state index is 0.202. The molecule has 1 atom stereocenters. The highest BCUT2D eigenvalue weighted by molar-refractivity contribution is 6.00. The molecule has 1 aliphatic heterocycles. The van der Waals surface area contributed by atoms with Gasteiger partial charge in [-0.2, -0.15) is 0 Å². The molecule has 2 aliphatic rings. The largest absolute Gasteiger partial charge is 0.481 e. The first kappa shape index (κ1) is 16.5. The molecule has 1 heterocycles. The molecule has 1 aliphatic carbocycles. The van der Waals surface area contributed by atoms with Crippen LogP contribution in [-0.2, 0) is 14.4 Å². The van der Waals surface area contributed by atoms with Crippen molar-refractivity contribution in [3.05, 3.63) is 29.8 Å². The van der Waals surface area contributed by atoms with E-state index < -0.39 is 5.97 Å². The lowest BCUT2D eigenvalue weighted by Crippen LogP contribution is -2.39. The smallest absolute Gasteiger partial charge is 0.306 e. The van der Waals surface area contributed by atoms with Gasteiger partial charge in [0.15, 0.2) is 0 Å². The summed E-state index contributed by atoms with van der Waals surface area (Å²) in [6.45, 7) is 0. The van der Waals surface area contributed by atoms with Gasteiger partial charge in [-0.15, -0.1) is 0 Å². The molecule has 0 aromatic heterocycles. The Morgan fingerprint density at radius 1 is 1.04 bits per heavy atom. The quantitative estimate of drug-likeness (QED) is 0.736. The van der Waals surface area contributed by atoms with Gasteiger partial charge in [0.25, 0.3) is 0 Å². The van der Waals surface area contributed by atoms with Crippen LogP contribution in [0.3, 0.4) is 0 Å². The number of nitrogens with one attached hydrogen (secondary N) is 2. The van der Waals surface area contributed by atoms with Gasteiger partial charge in [-0.1, -0.05) is 12.1 Å². The zero-order valence-corrected chi connectivity index (χ0v) is 13.5. The Balaban J connectivity index is 1.56. The summed E-state index contributed by atoms with van der Waals surface area (Å²) in [5, 5.41) is 14.9. The zero-order valence-electron chi connectivity index (χ0n) is 13.5. The van der Waals surface area contributed by atoms with Gasteiger partial charge in [0, 0.05) is 18.2 Å². The normalized spacial score (nSPS) is 27.4. The Bertz CT molecular complexity index is 633. The van der Waals surface area contributed by atoms with Gasteiger partial charge >= 0.3 is 5.97 Å². The summed E-state index contributed by atoms with van der Waals surface area (Å²) >= 11 is 0. The van der Waals surface area contributed by atoms with E-state index in [4.69, 9.17) is 5.11 Å². The highest BCUT2D eigenvalue weighted by atomic mass is 16.4. The summed E-state index contributed by atoms with van der Waals surface area (Å²) in [6.07, 6.45) is 4.06. The number of carboxylic acids is 1. The first-order chi connectivity index (χ1) is 11.5. The van der Waals surface area contributed by atoms with Gasteiger partial charge in [-0.3, -0.25) is 19.7 Å². The van der Waals surface area contributed by atoms with Crippen LogP contribution < -0.4 is 10.6 Å². The van der Waals surface area contributed by atoms with Crippen molar-refractivity contribution in [2.24, 2.45) is 5.92 Å². The van der Waals surface area contributed by atoms with E-state index in [1.165, 1.54) is 0 Å². The van der Waals surface area contributed by atoms with Crippen LogP contribution in [-0.4, -0.2) is 28.9 Å². The van der Waals surface area contributed by atoms with Gasteiger partial charge in [0.05, 0.1) is 11.8 Å². The maximum absolute atomic E-state index is 11.9. The van der Waals surface area contributed by atoms with Crippen molar-refractivity contribution in [3.8, 4) is 0 Å². The standard InChI is InChI=1S/C18H22N2O4/c21-16-10-9-15(17(22)20-16)11-1-5-13(6-2-11)19-14-7-3-12(4-8-14)18(23)24/h1-2,5-6,12,14-15,19H,3-4,7-10H2,(H,23,24)(H,20,21,22)/t12-,14-,15-/m0/s1. The predicted molar refractivity (Wildman–Crippen MR) is 88.6 cm³/mol. The van der Waals surface area contributed by atoms with E-state index in [0.717, 1.165) is 24.1 Å². The van der Waals surface area contributed by atoms with Crippen molar-refractivity contribution in [1.82, 2.24) is 5.32 Å². The molecule has 1 saturated carbocycles. The van der Waals surface area contributed by atoms with E-state index in [1.807, 2.05) is 24.3 Å². The van der Waals surface area contributed by atoms with E-state index >= 15 is 0 Å². The Hall–Kier alpha value is -2.37. The summed E-state index contributed by atoms with van der Waals surface area (Å²) in [5.74, 6) is -1.59. The van der Waals surface area contributed by atoms with Crippen LogP contribution in [0.1, 0.15) is 50.0 Å².